The van der Waals surface area contributed by atoms with Crippen LogP contribution in [0.1, 0.15) is 0 Å². The van der Waals surface area contributed by atoms with Gasteiger partial charge in [0.15, 0.2) is 0 Å². The number of halogens is 20. The lowest BCUT2D eigenvalue weighted by Gasteiger charge is -2.37. The maximum absolute atomic E-state index is 13.1. The Kier molecular flexibility index (Phi) is 7.54. The van der Waals surface area contributed by atoms with Gasteiger partial charge in [0, 0.05) is 0 Å². The lowest BCUT2D eigenvalue weighted by Crippen LogP contribution is -2.67. The third-order valence-electron chi connectivity index (χ3n) is 3.12. The summed E-state index contributed by atoms with van der Waals surface area (Å²) in [5.41, 5.74) is 0. The molecule has 21 heteroatoms. The van der Waals surface area contributed by atoms with Crippen molar-refractivity contribution in [1.82, 2.24) is 0 Å². The van der Waals surface area contributed by atoms with Crippen LogP contribution in [-0.4, -0.2) is 54.7 Å². The van der Waals surface area contributed by atoms with Crippen molar-refractivity contribution < 1.29 is 92.5 Å². The van der Waals surface area contributed by atoms with Crippen LogP contribution in [0.5, 0.6) is 0 Å². The predicted octanol–water partition coefficient (Wildman–Crippen LogP) is 7.05. The Balaban J connectivity index is 6.08. The minimum Gasteiger partial charge on any atom is -0.308 e. The van der Waals surface area contributed by atoms with Crippen molar-refractivity contribution in [3.63, 3.8) is 0 Å². The fraction of sp³-hybridized carbons (Fsp3) is 0.818. The van der Waals surface area contributed by atoms with Crippen LogP contribution in [0.3, 0.4) is 0 Å². The van der Waals surface area contributed by atoms with Crippen LogP contribution < -0.4 is 0 Å². The van der Waals surface area contributed by atoms with E-state index in [4.69, 9.17) is 0 Å². The van der Waals surface area contributed by atoms with Gasteiger partial charge in [0.2, 0.25) is 11.7 Å². The lowest BCUT2D eigenvalue weighted by atomic mass is 9.98. The zero-order valence-electron chi connectivity index (χ0n) is 13.7. The van der Waals surface area contributed by atoms with E-state index in [-0.39, 0.29) is 0 Å². The van der Waals surface area contributed by atoms with Gasteiger partial charge in [-0.2, -0.15) is 83.4 Å². The highest BCUT2D eigenvalue weighted by Crippen LogP contribution is 2.57. The van der Waals surface area contributed by atoms with Crippen molar-refractivity contribution >= 4 is 0 Å². The molecule has 0 aromatic heterocycles. The molecule has 0 saturated heterocycles. The molecule has 1 nitrogen and oxygen atoms in total. The maximum atomic E-state index is 13.1. The first-order valence-electron chi connectivity index (χ1n) is 6.63. The van der Waals surface area contributed by atoms with Gasteiger partial charge in [0.25, 0.3) is 0 Å². The van der Waals surface area contributed by atoms with Crippen LogP contribution in [0.2, 0.25) is 0 Å². The summed E-state index contributed by atoms with van der Waals surface area (Å²) in [6.07, 6.45) is -21.6. The van der Waals surface area contributed by atoms with Crippen molar-refractivity contribution in [2.45, 2.75) is 48.1 Å². The smallest absolute Gasteiger partial charge is 0.308 e. The summed E-state index contributed by atoms with van der Waals surface area (Å²) in [5.74, 6) is -47.9. The average molecular weight is 530 g/mol. The molecule has 0 bridgehead atoms. The molecule has 0 spiro atoms. The summed E-state index contributed by atoms with van der Waals surface area (Å²) >= 11 is 0. The second-order valence-electron chi connectivity index (χ2n) is 5.43. The second kappa shape index (κ2) is 7.96. The standard InChI is InChI=1S/C11H2F20O/c12-2(5(16,17)10(26,27)28)3(13)6(18,19)32-1-4(14,15)7(20,21)8(22,23)9(24,25)11(29,30)31/h1H2. The molecule has 0 atom stereocenters. The van der Waals surface area contributed by atoms with E-state index in [1.54, 1.807) is 0 Å². The van der Waals surface area contributed by atoms with Crippen molar-refractivity contribution in [3.05, 3.63) is 11.7 Å². The Hall–Kier alpha value is -1.70. The van der Waals surface area contributed by atoms with Crippen molar-refractivity contribution in [2.75, 3.05) is 6.61 Å². The van der Waals surface area contributed by atoms with Crippen LogP contribution >= 0.6 is 0 Å². The Morgan fingerprint density at radius 2 is 0.844 bits per heavy atom. The van der Waals surface area contributed by atoms with Crippen molar-refractivity contribution in [2.24, 2.45) is 0 Å². The summed E-state index contributed by atoms with van der Waals surface area (Å²) in [4.78, 5) is 0. The Morgan fingerprint density at radius 1 is 0.469 bits per heavy atom. The highest BCUT2D eigenvalue weighted by atomic mass is 19.4. The largest absolute Gasteiger partial charge is 0.460 e. The van der Waals surface area contributed by atoms with E-state index in [9.17, 15) is 87.8 Å². The van der Waals surface area contributed by atoms with E-state index >= 15 is 0 Å². The lowest BCUT2D eigenvalue weighted by molar-refractivity contribution is -0.428. The molecule has 0 aromatic carbocycles. The molecule has 0 heterocycles. The van der Waals surface area contributed by atoms with Gasteiger partial charge >= 0.3 is 48.1 Å². The first kappa shape index (κ1) is 30.3. The van der Waals surface area contributed by atoms with E-state index in [0.29, 0.717) is 0 Å². The van der Waals surface area contributed by atoms with E-state index in [0.717, 1.165) is 0 Å². The molecule has 0 aromatic rings. The summed E-state index contributed by atoms with van der Waals surface area (Å²) in [6.45, 7) is -4.21. The molecule has 0 fully saturated rings. The highest BCUT2D eigenvalue weighted by Gasteiger charge is 2.87. The van der Waals surface area contributed by atoms with E-state index in [2.05, 4.69) is 4.74 Å². The molecule has 0 rings (SSSR count). The molecule has 0 saturated carbocycles. The van der Waals surface area contributed by atoms with Crippen LogP contribution in [0.15, 0.2) is 11.7 Å². The highest BCUT2D eigenvalue weighted by molar-refractivity contribution is 5.16. The first-order valence-corrected chi connectivity index (χ1v) is 6.63. The number of rotatable bonds is 8. The molecule has 0 unspecified atom stereocenters. The Bertz CT molecular complexity index is 708. The monoisotopic (exact) mass is 530 g/mol. The van der Waals surface area contributed by atoms with Gasteiger partial charge < -0.3 is 4.74 Å². The zero-order valence-corrected chi connectivity index (χ0v) is 13.7. The normalized spacial score (nSPS) is 16.9. The topological polar surface area (TPSA) is 9.23 Å². The summed E-state index contributed by atoms with van der Waals surface area (Å²) < 4.78 is 252. The number of ether oxygens (including phenoxy) is 1. The molecular formula is C11H2F20O. The SMILES string of the molecule is FC(=C(F)C(F)(F)C(F)(F)F)C(F)(F)OCC(F)(F)C(F)(F)C(F)(F)C(F)(F)C(F)(F)F. The third kappa shape index (κ3) is 4.80. The minimum atomic E-state index is -8.12. The van der Waals surface area contributed by atoms with Gasteiger partial charge in [-0.3, -0.25) is 0 Å². The van der Waals surface area contributed by atoms with Gasteiger partial charge in [-0.05, 0) is 0 Å². The Labute approximate surface area is 160 Å². The van der Waals surface area contributed by atoms with Crippen molar-refractivity contribution in [3.8, 4) is 0 Å². The first-order chi connectivity index (χ1) is 13.5. The van der Waals surface area contributed by atoms with Crippen LogP contribution in [0.25, 0.3) is 0 Å². The number of hydrogen-bond acceptors (Lipinski definition) is 1. The molecule has 0 aliphatic heterocycles. The van der Waals surface area contributed by atoms with E-state index in [1.165, 1.54) is 0 Å². The van der Waals surface area contributed by atoms with Crippen molar-refractivity contribution in [1.29, 1.82) is 0 Å². The van der Waals surface area contributed by atoms with Gasteiger partial charge in [-0.1, -0.05) is 0 Å². The predicted molar refractivity (Wildman–Crippen MR) is 57.0 cm³/mol. The molecule has 32 heavy (non-hydrogen) atoms. The Morgan fingerprint density at radius 3 is 1.16 bits per heavy atom. The number of allylic oxidation sites excluding steroid dienone is 1. The quantitative estimate of drug-likeness (QED) is 0.306. The van der Waals surface area contributed by atoms with Crippen LogP contribution in [0.4, 0.5) is 87.8 Å². The van der Waals surface area contributed by atoms with Gasteiger partial charge in [-0.15, -0.1) is 0 Å². The minimum absolute atomic E-state index is 2.07. The summed E-state index contributed by atoms with van der Waals surface area (Å²) in [7, 11) is 0. The second-order valence-corrected chi connectivity index (χ2v) is 5.43. The van der Waals surface area contributed by atoms with Gasteiger partial charge in [0.1, 0.15) is 6.61 Å². The number of hydrogen-bond donors (Lipinski definition) is 0. The average Bonchev–Trinajstić information content (AvgIpc) is 2.56. The fourth-order valence-corrected chi connectivity index (χ4v) is 1.33. The fourth-order valence-electron chi connectivity index (χ4n) is 1.33. The molecule has 192 valence electrons. The number of alkyl halides is 18. The molecule has 0 aliphatic carbocycles. The summed E-state index contributed by atoms with van der Waals surface area (Å²) in [5, 5.41) is 0. The third-order valence-corrected chi connectivity index (χ3v) is 3.12. The van der Waals surface area contributed by atoms with Crippen LogP contribution in [-0.2, 0) is 4.74 Å². The zero-order chi connectivity index (χ0) is 26.6. The maximum Gasteiger partial charge on any atom is 0.460 e. The molecular weight excluding hydrogens is 528 g/mol. The molecule has 0 amide bonds. The van der Waals surface area contributed by atoms with E-state index < -0.39 is 66.3 Å². The van der Waals surface area contributed by atoms with E-state index in [1.807, 2.05) is 0 Å². The molecule has 0 N–H and O–H groups in total. The molecule has 0 radical (unpaired) electrons. The van der Waals surface area contributed by atoms with Crippen LogP contribution in [0, 0.1) is 0 Å². The molecule has 0 aliphatic rings. The van der Waals surface area contributed by atoms with Gasteiger partial charge in [0.05, 0.1) is 0 Å². The summed E-state index contributed by atoms with van der Waals surface area (Å²) in [6, 6.07) is 0. The van der Waals surface area contributed by atoms with Gasteiger partial charge in [-0.25, -0.2) is 4.39 Å².